The molecule has 1 aromatic heterocycles. The number of halogens is 2. The van der Waals surface area contributed by atoms with Crippen molar-refractivity contribution in [2.24, 2.45) is 0 Å². The lowest BCUT2D eigenvalue weighted by Crippen LogP contribution is -1.89. The van der Waals surface area contributed by atoms with Gasteiger partial charge >= 0.3 is 0 Å². The lowest BCUT2D eigenvalue weighted by Gasteiger charge is -2.04. The van der Waals surface area contributed by atoms with E-state index in [-0.39, 0.29) is 11.8 Å². The highest BCUT2D eigenvalue weighted by molar-refractivity contribution is 6.42. The Bertz CT molecular complexity index is 503. The maximum Gasteiger partial charge on any atom is 0.239 e. The van der Waals surface area contributed by atoms with E-state index in [1.54, 1.807) is 18.2 Å². The molecule has 82 valence electrons. The van der Waals surface area contributed by atoms with Crippen LogP contribution in [-0.4, -0.2) is 15.3 Å². The van der Waals surface area contributed by atoms with Gasteiger partial charge in [0.05, 0.1) is 10.0 Å². The van der Waals surface area contributed by atoms with E-state index in [9.17, 15) is 0 Å². The van der Waals surface area contributed by atoms with Crippen LogP contribution >= 0.6 is 23.2 Å². The first-order chi connectivity index (χ1) is 7.65. The Morgan fingerprint density at radius 2 is 1.81 bits per heavy atom. The largest absolute Gasteiger partial charge is 0.492 e. The first kappa shape index (κ1) is 11.0. The van der Waals surface area contributed by atoms with Gasteiger partial charge in [-0.3, -0.25) is 0 Å². The minimum atomic E-state index is -0.165. The molecule has 0 bridgehead atoms. The van der Waals surface area contributed by atoms with Crippen molar-refractivity contribution < 1.29 is 9.84 Å². The molecule has 0 aliphatic heterocycles. The molecule has 4 nitrogen and oxygen atoms in total. The Hall–Kier alpha value is -1.52. The maximum atomic E-state index is 8.94. The fourth-order valence-corrected chi connectivity index (χ4v) is 1.32. The standard InChI is InChI=1S/C10H6Cl2N2O2/c11-7-2-1-6(5-8(7)12)16-10-4-3-9(15)13-14-10/h1-5H,(H,13,15). The molecule has 0 aliphatic rings. The number of benzene rings is 1. The first-order valence-corrected chi connectivity index (χ1v) is 5.06. The van der Waals surface area contributed by atoms with Crippen molar-refractivity contribution in [3.8, 4) is 17.5 Å². The molecule has 2 rings (SSSR count). The molecule has 0 fully saturated rings. The molecule has 0 saturated carbocycles. The number of hydrogen-bond acceptors (Lipinski definition) is 4. The van der Waals surface area contributed by atoms with Crippen LogP contribution in [-0.2, 0) is 0 Å². The Morgan fingerprint density at radius 1 is 1.00 bits per heavy atom. The zero-order valence-electron chi connectivity index (χ0n) is 7.89. The monoisotopic (exact) mass is 256 g/mol. The van der Waals surface area contributed by atoms with Crippen molar-refractivity contribution in [3.63, 3.8) is 0 Å². The van der Waals surface area contributed by atoms with Crippen LogP contribution in [0.25, 0.3) is 0 Å². The van der Waals surface area contributed by atoms with Crippen molar-refractivity contribution in [2.45, 2.75) is 0 Å². The lowest BCUT2D eigenvalue weighted by atomic mass is 10.3. The fraction of sp³-hybridized carbons (Fsp3) is 0. The minimum absolute atomic E-state index is 0.165. The third kappa shape index (κ3) is 2.53. The third-order valence-electron chi connectivity index (χ3n) is 1.74. The summed E-state index contributed by atoms with van der Waals surface area (Å²) in [6.07, 6.45) is 0. The molecule has 0 unspecified atom stereocenters. The zero-order chi connectivity index (χ0) is 11.5. The van der Waals surface area contributed by atoms with Gasteiger partial charge in [-0.15, -0.1) is 10.2 Å². The van der Waals surface area contributed by atoms with Crippen LogP contribution in [0.1, 0.15) is 0 Å². The van der Waals surface area contributed by atoms with Crippen LogP contribution in [0.2, 0.25) is 10.0 Å². The maximum absolute atomic E-state index is 8.94. The molecular formula is C10H6Cl2N2O2. The third-order valence-corrected chi connectivity index (χ3v) is 2.48. The molecular weight excluding hydrogens is 251 g/mol. The summed E-state index contributed by atoms with van der Waals surface area (Å²) >= 11 is 11.6. The van der Waals surface area contributed by atoms with Crippen LogP contribution in [0.4, 0.5) is 0 Å². The van der Waals surface area contributed by atoms with E-state index >= 15 is 0 Å². The van der Waals surface area contributed by atoms with Gasteiger partial charge in [-0.05, 0) is 12.1 Å². The van der Waals surface area contributed by atoms with Gasteiger partial charge in [-0.25, -0.2) is 0 Å². The van der Waals surface area contributed by atoms with E-state index in [2.05, 4.69) is 10.2 Å². The van der Waals surface area contributed by atoms with E-state index in [0.717, 1.165) is 0 Å². The Morgan fingerprint density at radius 3 is 2.44 bits per heavy atom. The lowest BCUT2D eigenvalue weighted by molar-refractivity contribution is 0.420. The summed E-state index contributed by atoms with van der Waals surface area (Å²) in [5.41, 5.74) is 0. The second kappa shape index (κ2) is 4.55. The summed E-state index contributed by atoms with van der Waals surface area (Å²) < 4.78 is 5.34. The topological polar surface area (TPSA) is 55.2 Å². The van der Waals surface area contributed by atoms with E-state index in [0.29, 0.717) is 15.8 Å². The predicted octanol–water partition coefficient (Wildman–Crippen LogP) is 3.28. The van der Waals surface area contributed by atoms with E-state index in [1.165, 1.54) is 12.1 Å². The van der Waals surface area contributed by atoms with Gasteiger partial charge in [0.2, 0.25) is 11.8 Å². The zero-order valence-corrected chi connectivity index (χ0v) is 9.40. The summed E-state index contributed by atoms with van der Waals surface area (Å²) in [5.74, 6) is 0.590. The SMILES string of the molecule is Oc1ccc(Oc2ccc(Cl)c(Cl)c2)nn1. The normalized spacial score (nSPS) is 10.1. The molecule has 6 heteroatoms. The van der Waals surface area contributed by atoms with Crippen molar-refractivity contribution in [1.29, 1.82) is 0 Å². The number of aromatic nitrogens is 2. The van der Waals surface area contributed by atoms with Crippen molar-refractivity contribution in [2.75, 3.05) is 0 Å². The molecule has 0 amide bonds. The Labute approximate surface area is 101 Å². The van der Waals surface area contributed by atoms with Crippen molar-refractivity contribution >= 4 is 23.2 Å². The van der Waals surface area contributed by atoms with Gasteiger partial charge in [0.1, 0.15) is 5.75 Å². The van der Waals surface area contributed by atoms with Gasteiger partial charge in [-0.1, -0.05) is 23.2 Å². The quantitative estimate of drug-likeness (QED) is 0.896. The van der Waals surface area contributed by atoms with E-state index in [4.69, 9.17) is 33.0 Å². The number of rotatable bonds is 2. The molecule has 0 atom stereocenters. The van der Waals surface area contributed by atoms with Gasteiger partial charge in [0.25, 0.3) is 0 Å². The molecule has 1 N–H and O–H groups in total. The Balaban J connectivity index is 2.20. The summed E-state index contributed by atoms with van der Waals surface area (Å²) in [5, 5.41) is 16.8. The second-order valence-corrected chi connectivity index (χ2v) is 3.72. The molecule has 1 heterocycles. The summed E-state index contributed by atoms with van der Waals surface area (Å²) in [6.45, 7) is 0. The molecule has 1 aromatic carbocycles. The van der Waals surface area contributed by atoms with Crippen LogP contribution < -0.4 is 4.74 Å². The molecule has 0 saturated heterocycles. The molecule has 0 spiro atoms. The minimum Gasteiger partial charge on any atom is -0.492 e. The smallest absolute Gasteiger partial charge is 0.239 e. The van der Waals surface area contributed by atoms with Gasteiger partial charge in [0.15, 0.2) is 0 Å². The van der Waals surface area contributed by atoms with Gasteiger partial charge in [-0.2, -0.15) is 0 Å². The van der Waals surface area contributed by atoms with Crippen LogP contribution in [0.3, 0.4) is 0 Å². The molecule has 0 aliphatic carbocycles. The Kier molecular flexibility index (Phi) is 3.12. The number of nitrogens with zero attached hydrogens (tertiary/aromatic N) is 2. The predicted molar refractivity (Wildman–Crippen MR) is 60.2 cm³/mol. The average Bonchev–Trinajstić information content (AvgIpc) is 2.27. The van der Waals surface area contributed by atoms with E-state index < -0.39 is 0 Å². The van der Waals surface area contributed by atoms with Gasteiger partial charge < -0.3 is 9.84 Å². The number of ether oxygens (including phenoxy) is 1. The van der Waals surface area contributed by atoms with Crippen molar-refractivity contribution in [3.05, 3.63) is 40.4 Å². The van der Waals surface area contributed by atoms with Crippen molar-refractivity contribution in [1.82, 2.24) is 10.2 Å². The van der Waals surface area contributed by atoms with Crippen LogP contribution in [0.15, 0.2) is 30.3 Å². The highest BCUT2D eigenvalue weighted by atomic mass is 35.5. The first-order valence-electron chi connectivity index (χ1n) is 4.31. The summed E-state index contributed by atoms with van der Waals surface area (Å²) in [4.78, 5) is 0. The van der Waals surface area contributed by atoms with E-state index in [1.807, 2.05) is 0 Å². The van der Waals surface area contributed by atoms with Crippen LogP contribution in [0.5, 0.6) is 17.5 Å². The molecule has 2 aromatic rings. The van der Waals surface area contributed by atoms with Crippen LogP contribution in [0, 0.1) is 0 Å². The highest BCUT2D eigenvalue weighted by Crippen LogP contribution is 2.28. The summed E-state index contributed by atoms with van der Waals surface area (Å²) in [7, 11) is 0. The molecule has 16 heavy (non-hydrogen) atoms. The average molecular weight is 257 g/mol. The molecule has 0 radical (unpaired) electrons. The number of hydrogen-bond donors (Lipinski definition) is 1. The fourth-order valence-electron chi connectivity index (χ4n) is 1.03. The number of aromatic hydroxyl groups is 1. The summed E-state index contributed by atoms with van der Waals surface area (Å²) in [6, 6.07) is 7.71. The second-order valence-electron chi connectivity index (χ2n) is 2.91. The highest BCUT2D eigenvalue weighted by Gasteiger charge is 2.03. The van der Waals surface area contributed by atoms with Gasteiger partial charge in [0, 0.05) is 18.2 Å².